The zero-order valence-corrected chi connectivity index (χ0v) is 21.7. The molecule has 0 radical (unpaired) electrons. The van der Waals surface area contributed by atoms with E-state index in [4.69, 9.17) is 0 Å². The number of allylic oxidation sites excluding steroid dienone is 1. The predicted octanol–water partition coefficient (Wildman–Crippen LogP) is 6.57. The third-order valence-electron chi connectivity index (χ3n) is 6.53. The molecule has 10 heteroatoms. The number of nitrogens with zero attached hydrogens (tertiary/aromatic N) is 2. The number of hydrogen-bond acceptors (Lipinski definition) is 4. The van der Waals surface area contributed by atoms with Gasteiger partial charge in [-0.15, -0.1) is 0 Å². The summed E-state index contributed by atoms with van der Waals surface area (Å²) in [6.07, 6.45) is -1.11. The van der Waals surface area contributed by atoms with E-state index in [1.807, 2.05) is 19.1 Å². The Bertz CT molecular complexity index is 1700. The number of carbonyl (C=O) groups is 1. The van der Waals surface area contributed by atoms with E-state index in [-0.39, 0.29) is 22.7 Å². The molecule has 1 N–H and O–H groups in total. The summed E-state index contributed by atoms with van der Waals surface area (Å²) in [5.41, 5.74) is 1.66. The number of sulfonamides is 1. The van der Waals surface area contributed by atoms with Gasteiger partial charge in [0.15, 0.2) is 0 Å². The number of carbonyl (C=O) groups excluding carboxylic acids is 1. The molecule has 0 atom stereocenters. The number of alkyl halides is 3. The zero-order chi connectivity index (χ0) is 27.8. The van der Waals surface area contributed by atoms with E-state index in [0.717, 1.165) is 27.4 Å². The number of aryl methyl sites for hydroxylation is 1. The van der Waals surface area contributed by atoms with Gasteiger partial charge in [-0.1, -0.05) is 35.9 Å². The topological polar surface area (TPSA) is 79.4 Å². The van der Waals surface area contributed by atoms with Crippen molar-refractivity contribution < 1.29 is 26.4 Å². The first kappa shape index (κ1) is 26.4. The number of benzene rings is 3. The maximum Gasteiger partial charge on any atom is 0.416 e. The molecule has 1 aliphatic heterocycles. The van der Waals surface area contributed by atoms with Crippen LogP contribution in [-0.2, 0) is 21.0 Å². The van der Waals surface area contributed by atoms with Gasteiger partial charge in [-0.2, -0.15) is 13.2 Å². The Kier molecular flexibility index (Phi) is 6.90. The van der Waals surface area contributed by atoms with E-state index >= 15 is 0 Å². The van der Waals surface area contributed by atoms with E-state index in [2.05, 4.69) is 10.3 Å². The number of anilines is 2. The molecule has 0 bridgehead atoms. The highest BCUT2D eigenvalue weighted by molar-refractivity contribution is 7.92. The largest absolute Gasteiger partial charge is 0.416 e. The molecular formula is C29H24F3N3O3S. The van der Waals surface area contributed by atoms with Gasteiger partial charge in [0.05, 0.1) is 21.7 Å². The number of nitrogens with one attached hydrogen (secondary N) is 1. The first-order valence-corrected chi connectivity index (χ1v) is 13.6. The molecule has 0 fully saturated rings. The van der Waals surface area contributed by atoms with Crippen LogP contribution in [0.25, 0.3) is 16.5 Å². The normalized spacial score (nSPS) is 15.2. The van der Waals surface area contributed by atoms with Crippen molar-refractivity contribution in [3.05, 3.63) is 102 Å². The lowest BCUT2D eigenvalue weighted by molar-refractivity contribution is -0.137. The van der Waals surface area contributed by atoms with Crippen LogP contribution in [0.4, 0.5) is 24.5 Å². The smallest absolute Gasteiger partial charge is 0.322 e. The van der Waals surface area contributed by atoms with Crippen LogP contribution in [-0.4, -0.2) is 25.9 Å². The van der Waals surface area contributed by atoms with Gasteiger partial charge in [-0.25, -0.2) is 8.42 Å². The molecular weight excluding hydrogens is 527 g/mol. The zero-order valence-electron chi connectivity index (χ0n) is 20.9. The van der Waals surface area contributed by atoms with E-state index in [1.54, 1.807) is 36.5 Å². The maximum absolute atomic E-state index is 13.7. The molecule has 3 aromatic carbocycles. The minimum Gasteiger partial charge on any atom is -0.322 e. The lowest BCUT2D eigenvalue weighted by Crippen LogP contribution is -2.32. The van der Waals surface area contributed by atoms with Crippen LogP contribution in [0, 0.1) is 6.92 Å². The number of amides is 1. The van der Waals surface area contributed by atoms with Gasteiger partial charge in [-0.05, 0) is 67.8 Å². The van der Waals surface area contributed by atoms with Gasteiger partial charge in [0.2, 0.25) is 5.91 Å². The molecule has 1 aromatic heterocycles. The number of rotatable bonds is 4. The summed E-state index contributed by atoms with van der Waals surface area (Å²) < 4.78 is 69.2. The summed E-state index contributed by atoms with van der Waals surface area (Å²) >= 11 is 0. The summed E-state index contributed by atoms with van der Waals surface area (Å²) in [5.74, 6) is -0.485. The van der Waals surface area contributed by atoms with Crippen molar-refractivity contribution in [1.82, 2.24) is 4.98 Å². The van der Waals surface area contributed by atoms with Crippen LogP contribution in [0.1, 0.15) is 29.5 Å². The number of aromatic nitrogens is 1. The van der Waals surface area contributed by atoms with Crippen molar-refractivity contribution in [2.45, 2.75) is 30.8 Å². The predicted molar refractivity (Wildman–Crippen MR) is 145 cm³/mol. The lowest BCUT2D eigenvalue weighted by atomic mass is 9.98. The molecule has 4 aromatic rings. The van der Waals surface area contributed by atoms with Crippen molar-refractivity contribution in [2.24, 2.45) is 0 Å². The number of pyridine rings is 1. The third-order valence-corrected chi connectivity index (χ3v) is 8.36. The molecule has 200 valence electrons. The molecule has 0 unspecified atom stereocenters. The fraction of sp³-hybridized carbons (Fsp3) is 0.172. The van der Waals surface area contributed by atoms with E-state index in [1.165, 1.54) is 24.3 Å². The highest BCUT2D eigenvalue weighted by Crippen LogP contribution is 2.41. The molecule has 0 saturated carbocycles. The quantitative estimate of drug-likeness (QED) is 0.291. The second-order valence-corrected chi connectivity index (χ2v) is 11.2. The molecule has 5 rings (SSSR count). The first-order valence-electron chi connectivity index (χ1n) is 12.2. The average Bonchev–Trinajstić information content (AvgIpc) is 3.08. The van der Waals surface area contributed by atoms with Crippen LogP contribution in [0.2, 0.25) is 0 Å². The van der Waals surface area contributed by atoms with Gasteiger partial charge in [0.1, 0.15) is 0 Å². The summed E-state index contributed by atoms with van der Waals surface area (Å²) in [5, 5.41) is 3.68. The molecule has 6 nitrogen and oxygen atoms in total. The number of fused-ring (bicyclic) bond motifs is 2. The molecule has 2 heterocycles. The highest BCUT2D eigenvalue weighted by atomic mass is 32.2. The van der Waals surface area contributed by atoms with Crippen molar-refractivity contribution in [3.63, 3.8) is 0 Å². The monoisotopic (exact) mass is 551 g/mol. The molecule has 0 saturated heterocycles. The van der Waals surface area contributed by atoms with Crippen molar-refractivity contribution in [2.75, 3.05) is 16.2 Å². The number of halogens is 3. The van der Waals surface area contributed by atoms with E-state index < -0.39 is 27.7 Å². The van der Waals surface area contributed by atoms with Gasteiger partial charge >= 0.3 is 6.18 Å². The van der Waals surface area contributed by atoms with Gasteiger partial charge in [0.25, 0.3) is 10.0 Å². The average molecular weight is 552 g/mol. The molecule has 0 spiro atoms. The van der Waals surface area contributed by atoms with Crippen molar-refractivity contribution >= 4 is 43.8 Å². The Morgan fingerprint density at radius 2 is 1.79 bits per heavy atom. The Morgan fingerprint density at radius 1 is 1.03 bits per heavy atom. The Hall–Kier alpha value is -4.18. The third kappa shape index (κ3) is 5.51. The summed E-state index contributed by atoms with van der Waals surface area (Å²) in [7, 11) is -4.17. The second-order valence-electron chi connectivity index (χ2n) is 9.29. The molecule has 39 heavy (non-hydrogen) atoms. The van der Waals surface area contributed by atoms with Crippen molar-refractivity contribution in [1.29, 1.82) is 0 Å². The van der Waals surface area contributed by atoms with E-state index in [9.17, 15) is 26.4 Å². The van der Waals surface area contributed by atoms with E-state index in [0.29, 0.717) is 29.6 Å². The SMILES string of the molecule is Cc1ccc(S(=O)(=O)N2CCCC(=CC(=O)Nc3ccc4cccnc4c3)c3ccc(C(F)(F)F)cc32)cc1. The summed E-state index contributed by atoms with van der Waals surface area (Å²) in [6.45, 7) is 1.77. The van der Waals surface area contributed by atoms with Gasteiger partial charge in [-0.3, -0.25) is 14.1 Å². The van der Waals surface area contributed by atoms with Crippen LogP contribution < -0.4 is 9.62 Å². The molecule has 1 amide bonds. The van der Waals surface area contributed by atoms with Crippen molar-refractivity contribution in [3.8, 4) is 0 Å². The van der Waals surface area contributed by atoms with Crippen LogP contribution in [0.5, 0.6) is 0 Å². The molecule has 0 aliphatic carbocycles. The van der Waals surface area contributed by atoms with Crippen LogP contribution in [0.15, 0.2) is 90.0 Å². The Morgan fingerprint density at radius 3 is 2.54 bits per heavy atom. The second kappa shape index (κ2) is 10.2. The lowest BCUT2D eigenvalue weighted by Gasteiger charge is -2.25. The van der Waals surface area contributed by atoms with Crippen LogP contribution >= 0.6 is 0 Å². The molecule has 1 aliphatic rings. The Balaban J connectivity index is 1.54. The summed E-state index contributed by atoms with van der Waals surface area (Å²) in [6, 6.07) is 18.1. The first-order chi connectivity index (χ1) is 18.5. The fourth-order valence-corrected chi connectivity index (χ4v) is 6.09. The Labute approximate surface area is 223 Å². The maximum atomic E-state index is 13.7. The minimum absolute atomic E-state index is 0.0217. The van der Waals surface area contributed by atoms with Gasteiger partial charge in [0, 0.05) is 35.5 Å². The van der Waals surface area contributed by atoms with Gasteiger partial charge < -0.3 is 5.32 Å². The minimum atomic E-state index is -4.67. The standard InChI is InChI=1S/C29H24F3N3O3S/c1-19-6-11-24(12-7-19)39(37,38)35-15-3-5-21(25-13-9-22(17-27(25)35)29(30,31)32)16-28(36)34-23-10-8-20-4-2-14-33-26(20)18-23/h2,4,6-14,16-18H,3,5,15H2,1H3,(H,34,36). The fourth-order valence-electron chi connectivity index (χ4n) is 4.57. The highest BCUT2D eigenvalue weighted by Gasteiger charge is 2.35. The number of hydrogen-bond donors (Lipinski definition) is 1. The van der Waals surface area contributed by atoms with Crippen LogP contribution in [0.3, 0.4) is 0 Å². The summed E-state index contributed by atoms with van der Waals surface area (Å²) in [4.78, 5) is 17.2.